The van der Waals surface area contributed by atoms with Crippen LogP contribution in [0, 0.1) is 11.8 Å². The van der Waals surface area contributed by atoms with Crippen LogP contribution in [0.5, 0.6) is 0 Å². The van der Waals surface area contributed by atoms with Crippen LogP contribution in [-0.4, -0.2) is 29.9 Å². The number of carbonyl (C=O) groups excluding carboxylic acids is 1. The maximum absolute atomic E-state index is 12.4. The summed E-state index contributed by atoms with van der Waals surface area (Å²) >= 11 is 0. The molecule has 1 fully saturated rings. The smallest absolute Gasteiger partial charge is 0.225 e. The third-order valence-corrected chi connectivity index (χ3v) is 4.03. The van der Waals surface area contributed by atoms with Crippen molar-refractivity contribution in [2.24, 2.45) is 17.6 Å². The Labute approximate surface area is 106 Å². The topological polar surface area (TPSA) is 46.3 Å². The van der Waals surface area contributed by atoms with Crippen LogP contribution >= 0.6 is 0 Å². The van der Waals surface area contributed by atoms with Crippen molar-refractivity contribution in [3.05, 3.63) is 0 Å². The van der Waals surface area contributed by atoms with Gasteiger partial charge in [-0.1, -0.05) is 33.6 Å². The maximum Gasteiger partial charge on any atom is 0.225 e. The lowest BCUT2D eigenvalue weighted by Crippen LogP contribution is -2.49. The second kappa shape index (κ2) is 7.00. The van der Waals surface area contributed by atoms with Gasteiger partial charge in [-0.15, -0.1) is 0 Å². The molecule has 17 heavy (non-hydrogen) atoms. The Morgan fingerprint density at radius 1 is 1.47 bits per heavy atom. The Balaban J connectivity index is 2.50. The second-order valence-electron chi connectivity index (χ2n) is 5.46. The SMILES string of the molecule is CCCCC(CC)C(=O)N1CCC(N)C(C)C1. The van der Waals surface area contributed by atoms with Crippen LogP contribution in [0.3, 0.4) is 0 Å². The van der Waals surface area contributed by atoms with Gasteiger partial charge in [0, 0.05) is 25.0 Å². The minimum Gasteiger partial charge on any atom is -0.342 e. The van der Waals surface area contributed by atoms with Gasteiger partial charge in [-0.25, -0.2) is 0 Å². The molecule has 1 amide bonds. The zero-order chi connectivity index (χ0) is 12.8. The Bertz CT molecular complexity index is 242. The van der Waals surface area contributed by atoms with Crippen molar-refractivity contribution < 1.29 is 4.79 Å². The normalized spacial score (nSPS) is 26.9. The van der Waals surface area contributed by atoms with E-state index in [2.05, 4.69) is 20.8 Å². The monoisotopic (exact) mass is 240 g/mol. The summed E-state index contributed by atoms with van der Waals surface area (Å²) in [5.74, 6) is 1.03. The lowest BCUT2D eigenvalue weighted by molar-refractivity contribution is -0.137. The molecular formula is C14H28N2O. The molecule has 3 atom stereocenters. The number of piperidine rings is 1. The van der Waals surface area contributed by atoms with E-state index in [0.717, 1.165) is 38.8 Å². The van der Waals surface area contributed by atoms with Crippen molar-refractivity contribution in [3.63, 3.8) is 0 Å². The van der Waals surface area contributed by atoms with Crippen molar-refractivity contribution in [1.29, 1.82) is 0 Å². The molecule has 0 spiro atoms. The number of hydrogen-bond donors (Lipinski definition) is 1. The number of hydrogen-bond acceptors (Lipinski definition) is 2. The molecule has 0 aromatic heterocycles. The van der Waals surface area contributed by atoms with Crippen LogP contribution in [0.2, 0.25) is 0 Å². The van der Waals surface area contributed by atoms with E-state index >= 15 is 0 Å². The first-order chi connectivity index (χ1) is 8.10. The predicted molar refractivity (Wildman–Crippen MR) is 71.6 cm³/mol. The summed E-state index contributed by atoms with van der Waals surface area (Å²) in [6, 6.07) is 0.273. The molecule has 1 aliphatic rings. The van der Waals surface area contributed by atoms with Gasteiger partial charge in [0.05, 0.1) is 0 Å². The summed E-state index contributed by atoms with van der Waals surface area (Å²) in [7, 11) is 0. The van der Waals surface area contributed by atoms with E-state index in [0.29, 0.717) is 11.8 Å². The van der Waals surface area contributed by atoms with E-state index in [1.54, 1.807) is 0 Å². The van der Waals surface area contributed by atoms with Gasteiger partial charge in [0.2, 0.25) is 5.91 Å². The van der Waals surface area contributed by atoms with E-state index < -0.39 is 0 Å². The summed E-state index contributed by atoms with van der Waals surface area (Å²) in [4.78, 5) is 14.4. The molecule has 100 valence electrons. The second-order valence-corrected chi connectivity index (χ2v) is 5.46. The van der Waals surface area contributed by atoms with E-state index in [4.69, 9.17) is 5.73 Å². The van der Waals surface area contributed by atoms with Crippen molar-refractivity contribution >= 4 is 5.91 Å². The molecule has 2 N–H and O–H groups in total. The molecule has 3 nitrogen and oxygen atoms in total. The van der Waals surface area contributed by atoms with Crippen LogP contribution in [-0.2, 0) is 4.79 Å². The van der Waals surface area contributed by atoms with Crippen LogP contribution in [0.25, 0.3) is 0 Å². The van der Waals surface area contributed by atoms with Crippen LogP contribution in [0.4, 0.5) is 0 Å². The number of nitrogens with zero attached hydrogens (tertiary/aromatic N) is 1. The van der Waals surface area contributed by atoms with Crippen molar-refractivity contribution in [3.8, 4) is 0 Å². The standard InChI is InChI=1S/C14H28N2O/c1-4-6-7-12(5-2)14(17)16-9-8-13(15)11(3)10-16/h11-13H,4-10,15H2,1-3H3. The summed E-state index contributed by atoms with van der Waals surface area (Å²) in [5.41, 5.74) is 5.99. The first kappa shape index (κ1) is 14.5. The Kier molecular flexibility index (Phi) is 5.96. The highest BCUT2D eigenvalue weighted by atomic mass is 16.2. The molecule has 3 heteroatoms. The first-order valence-corrected chi connectivity index (χ1v) is 7.14. The third kappa shape index (κ3) is 3.98. The molecule has 0 aromatic rings. The Morgan fingerprint density at radius 2 is 2.18 bits per heavy atom. The van der Waals surface area contributed by atoms with Gasteiger partial charge in [0.1, 0.15) is 0 Å². The van der Waals surface area contributed by atoms with Crippen molar-refractivity contribution in [2.45, 2.75) is 58.9 Å². The van der Waals surface area contributed by atoms with Crippen LogP contribution in [0.1, 0.15) is 52.9 Å². The number of amides is 1. The molecule has 0 aliphatic carbocycles. The Hall–Kier alpha value is -0.570. The number of rotatable bonds is 5. The van der Waals surface area contributed by atoms with Gasteiger partial charge in [-0.05, 0) is 25.2 Å². The molecule has 0 bridgehead atoms. The highest BCUT2D eigenvalue weighted by Gasteiger charge is 2.29. The zero-order valence-corrected chi connectivity index (χ0v) is 11.6. The van der Waals surface area contributed by atoms with E-state index in [1.807, 2.05) is 4.90 Å². The highest BCUT2D eigenvalue weighted by molar-refractivity contribution is 5.78. The van der Waals surface area contributed by atoms with Gasteiger partial charge in [0.15, 0.2) is 0 Å². The largest absolute Gasteiger partial charge is 0.342 e. The van der Waals surface area contributed by atoms with Gasteiger partial charge in [-0.3, -0.25) is 4.79 Å². The minimum absolute atomic E-state index is 0.233. The fourth-order valence-electron chi connectivity index (χ4n) is 2.57. The zero-order valence-electron chi connectivity index (χ0n) is 11.6. The number of carbonyl (C=O) groups is 1. The highest BCUT2D eigenvalue weighted by Crippen LogP contribution is 2.21. The van der Waals surface area contributed by atoms with E-state index in [-0.39, 0.29) is 12.0 Å². The average Bonchev–Trinajstić information content (AvgIpc) is 2.33. The van der Waals surface area contributed by atoms with Crippen molar-refractivity contribution in [2.75, 3.05) is 13.1 Å². The van der Waals surface area contributed by atoms with Crippen molar-refractivity contribution in [1.82, 2.24) is 4.90 Å². The van der Waals surface area contributed by atoms with Crippen LogP contribution < -0.4 is 5.73 Å². The number of likely N-dealkylation sites (tertiary alicyclic amines) is 1. The molecule has 1 heterocycles. The molecule has 1 rings (SSSR count). The van der Waals surface area contributed by atoms with Gasteiger partial charge in [0.25, 0.3) is 0 Å². The molecular weight excluding hydrogens is 212 g/mol. The van der Waals surface area contributed by atoms with E-state index in [9.17, 15) is 4.79 Å². The van der Waals surface area contributed by atoms with Gasteiger partial charge >= 0.3 is 0 Å². The summed E-state index contributed by atoms with van der Waals surface area (Å²) < 4.78 is 0. The summed E-state index contributed by atoms with van der Waals surface area (Å²) in [5, 5.41) is 0. The first-order valence-electron chi connectivity index (χ1n) is 7.14. The maximum atomic E-state index is 12.4. The van der Waals surface area contributed by atoms with Gasteiger partial charge < -0.3 is 10.6 Å². The fraction of sp³-hybridized carbons (Fsp3) is 0.929. The molecule has 0 aromatic carbocycles. The molecule has 3 unspecified atom stereocenters. The third-order valence-electron chi connectivity index (χ3n) is 4.03. The number of nitrogens with two attached hydrogens (primary N) is 1. The summed E-state index contributed by atoms with van der Waals surface area (Å²) in [6.45, 7) is 8.16. The average molecular weight is 240 g/mol. The van der Waals surface area contributed by atoms with E-state index in [1.165, 1.54) is 6.42 Å². The lowest BCUT2D eigenvalue weighted by Gasteiger charge is -2.36. The Morgan fingerprint density at radius 3 is 2.71 bits per heavy atom. The molecule has 0 saturated carbocycles. The van der Waals surface area contributed by atoms with Crippen LogP contribution in [0.15, 0.2) is 0 Å². The minimum atomic E-state index is 0.233. The predicted octanol–water partition coefficient (Wildman–Crippen LogP) is 2.40. The van der Waals surface area contributed by atoms with Gasteiger partial charge in [-0.2, -0.15) is 0 Å². The summed E-state index contributed by atoms with van der Waals surface area (Å²) in [6.07, 6.45) is 5.30. The quantitative estimate of drug-likeness (QED) is 0.802. The molecule has 1 saturated heterocycles. The fourth-order valence-corrected chi connectivity index (χ4v) is 2.57. The number of unbranched alkanes of at least 4 members (excludes halogenated alkanes) is 1. The lowest BCUT2D eigenvalue weighted by atomic mass is 9.92. The molecule has 1 aliphatic heterocycles. The molecule has 0 radical (unpaired) electrons.